The summed E-state index contributed by atoms with van der Waals surface area (Å²) >= 11 is 0. The SMILES string of the molecule is CN1CCCC(N(C)C(=O)c2cc(F)c(F)cc2N)C1. The zero-order valence-corrected chi connectivity index (χ0v) is 11.7. The maximum atomic E-state index is 13.3. The number of piperidine rings is 1. The van der Waals surface area contributed by atoms with Gasteiger partial charge in [-0.3, -0.25) is 4.79 Å². The lowest BCUT2D eigenvalue weighted by Crippen LogP contribution is -2.47. The Bertz CT molecular complexity index is 521. The molecule has 2 rings (SSSR count). The van der Waals surface area contributed by atoms with Gasteiger partial charge in [-0.15, -0.1) is 0 Å². The van der Waals surface area contributed by atoms with Crippen molar-refractivity contribution in [3.05, 3.63) is 29.3 Å². The summed E-state index contributed by atoms with van der Waals surface area (Å²) in [7, 11) is 3.67. The van der Waals surface area contributed by atoms with Crippen LogP contribution in [-0.2, 0) is 0 Å². The monoisotopic (exact) mass is 283 g/mol. The van der Waals surface area contributed by atoms with Gasteiger partial charge in [0.15, 0.2) is 11.6 Å². The van der Waals surface area contributed by atoms with Crippen molar-refractivity contribution >= 4 is 11.6 Å². The van der Waals surface area contributed by atoms with Gasteiger partial charge in [-0.05, 0) is 32.5 Å². The second kappa shape index (κ2) is 5.75. The highest BCUT2D eigenvalue weighted by atomic mass is 19.2. The summed E-state index contributed by atoms with van der Waals surface area (Å²) in [5, 5.41) is 0. The van der Waals surface area contributed by atoms with Gasteiger partial charge in [-0.2, -0.15) is 0 Å². The second-order valence-corrected chi connectivity index (χ2v) is 5.33. The number of hydrogen-bond donors (Lipinski definition) is 1. The van der Waals surface area contributed by atoms with Crippen molar-refractivity contribution in [2.45, 2.75) is 18.9 Å². The molecule has 1 unspecified atom stereocenters. The molecule has 0 bridgehead atoms. The van der Waals surface area contributed by atoms with E-state index in [1.165, 1.54) is 0 Å². The third kappa shape index (κ3) is 2.90. The lowest BCUT2D eigenvalue weighted by molar-refractivity contribution is 0.0644. The van der Waals surface area contributed by atoms with Crippen molar-refractivity contribution in [3.8, 4) is 0 Å². The molecule has 1 heterocycles. The van der Waals surface area contributed by atoms with E-state index in [2.05, 4.69) is 4.90 Å². The van der Waals surface area contributed by atoms with Crippen molar-refractivity contribution in [2.24, 2.45) is 0 Å². The van der Waals surface area contributed by atoms with Crippen molar-refractivity contribution < 1.29 is 13.6 Å². The number of halogens is 2. The Hall–Kier alpha value is -1.69. The molecule has 1 fully saturated rings. The Labute approximate surface area is 117 Å². The van der Waals surface area contributed by atoms with E-state index in [9.17, 15) is 13.6 Å². The number of rotatable bonds is 2. The molecule has 6 heteroatoms. The van der Waals surface area contributed by atoms with Gasteiger partial charge in [0.2, 0.25) is 0 Å². The first-order valence-electron chi connectivity index (χ1n) is 6.60. The number of hydrogen-bond acceptors (Lipinski definition) is 3. The number of nitrogens with zero attached hydrogens (tertiary/aromatic N) is 2. The van der Waals surface area contributed by atoms with Gasteiger partial charge in [-0.1, -0.05) is 0 Å². The van der Waals surface area contributed by atoms with Gasteiger partial charge in [-0.25, -0.2) is 8.78 Å². The summed E-state index contributed by atoms with van der Waals surface area (Å²) in [4.78, 5) is 16.1. The van der Waals surface area contributed by atoms with Crippen LogP contribution in [0.1, 0.15) is 23.2 Å². The Balaban J connectivity index is 2.20. The molecule has 1 aliphatic rings. The molecule has 0 aromatic heterocycles. The average molecular weight is 283 g/mol. The number of anilines is 1. The molecule has 1 aromatic rings. The van der Waals surface area contributed by atoms with E-state index >= 15 is 0 Å². The third-order valence-corrected chi connectivity index (χ3v) is 3.79. The molecule has 0 saturated carbocycles. The highest BCUT2D eigenvalue weighted by Gasteiger charge is 2.26. The number of nitrogen functional groups attached to an aromatic ring is 1. The quantitative estimate of drug-likeness (QED) is 0.841. The lowest BCUT2D eigenvalue weighted by atomic mass is 10.0. The minimum absolute atomic E-state index is 0.0135. The molecule has 20 heavy (non-hydrogen) atoms. The van der Waals surface area contributed by atoms with Crippen molar-refractivity contribution in [1.29, 1.82) is 0 Å². The molecule has 0 spiro atoms. The summed E-state index contributed by atoms with van der Waals surface area (Å²) in [5.41, 5.74) is 5.60. The maximum absolute atomic E-state index is 13.3. The van der Waals surface area contributed by atoms with Crippen LogP contribution in [0.5, 0.6) is 0 Å². The van der Waals surface area contributed by atoms with Gasteiger partial charge < -0.3 is 15.5 Å². The zero-order valence-electron chi connectivity index (χ0n) is 11.7. The van der Waals surface area contributed by atoms with Crippen LogP contribution in [0.3, 0.4) is 0 Å². The van der Waals surface area contributed by atoms with E-state index in [1.54, 1.807) is 11.9 Å². The fraction of sp³-hybridized carbons (Fsp3) is 0.500. The predicted molar refractivity (Wildman–Crippen MR) is 73.4 cm³/mol. The Morgan fingerprint density at radius 3 is 2.70 bits per heavy atom. The van der Waals surface area contributed by atoms with Crippen molar-refractivity contribution in [1.82, 2.24) is 9.80 Å². The fourth-order valence-corrected chi connectivity index (χ4v) is 2.56. The number of benzene rings is 1. The number of nitrogens with two attached hydrogens (primary N) is 1. The second-order valence-electron chi connectivity index (χ2n) is 5.33. The first-order valence-corrected chi connectivity index (χ1v) is 6.60. The van der Waals surface area contributed by atoms with Crippen LogP contribution in [0.25, 0.3) is 0 Å². The molecular formula is C14H19F2N3O. The van der Waals surface area contributed by atoms with Gasteiger partial charge in [0, 0.05) is 31.4 Å². The molecular weight excluding hydrogens is 264 g/mol. The summed E-state index contributed by atoms with van der Waals surface area (Å²) in [6.07, 6.45) is 1.90. The molecule has 0 radical (unpaired) electrons. The smallest absolute Gasteiger partial charge is 0.256 e. The summed E-state index contributed by atoms with van der Waals surface area (Å²) in [6.45, 7) is 1.78. The molecule has 2 N–H and O–H groups in total. The van der Waals surface area contributed by atoms with Crippen LogP contribution < -0.4 is 5.73 Å². The Kier molecular flexibility index (Phi) is 4.23. The van der Waals surface area contributed by atoms with E-state index < -0.39 is 11.6 Å². The zero-order chi connectivity index (χ0) is 14.9. The predicted octanol–water partition coefficient (Wildman–Crippen LogP) is 1.71. The molecule has 110 valence electrons. The Morgan fingerprint density at radius 2 is 2.05 bits per heavy atom. The van der Waals surface area contributed by atoms with E-state index in [0.717, 1.165) is 38.1 Å². The van der Waals surface area contributed by atoms with Crippen LogP contribution in [0, 0.1) is 11.6 Å². The average Bonchev–Trinajstić information content (AvgIpc) is 2.41. The normalized spacial score (nSPS) is 19.9. The minimum Gasteiger partial charge on any atom is -0.398 e. The fourth-order valence-electron chi connectivity index (χ4n) is 2.56. The highest BCUT2D eigenvalue weighted by molar-refractivity contribution is 5.99. The molecule has 1 atom stereocenters. The topological polar surface area (TPSA) is 49.6 Å². The van der Waals surface area contributed by atoms with E-state index in [0.29, 0.717) is 0 Å². The molecule has 0 aliphatic carbocycles. The van der Waals surface area contributed by atoms with Crippen LogP contribution in [0.2, 0.25) is 0 Å². The molecule has 1 aromatic carbocycles. The minimum atomic E-state index is -1.06. The van der Waals surface area contributed by atoms with Crippen LogP contribution in [-0.4, -0.2) is 48.9 Å². The first kappa shape index (κ1) is 14.7. The molecule has 4 nitrogen and oxygen atoms in total. The van der Waals surface area contributed by atoms with Gasteiger partial charge in [0.25, 0.3) is 5.91 Å². The number of likely N-dealkylation sites (tertiary alicyclic amines) is 1. The summed E-state index contributed by atoms with van der Waals surface area (Å²) < 4.78 is 26.3. The number of likely N-dealkylation sites (N-methyl/N-ethyl adjacent to an activating group) is 2. The largest absolute Gasteiger partial charge is 0.398 e. The van der Waals surface area contributed by atoms with Crippen LogP contribution >= 0.6 is 0 Å². The summed E-state index contributed by atoms with van der Waals surface area (Å²) in [5.74, 6) is -2.47. The lowest BCUT2D eigenvalue weighted by Gasteiger charge is -2.36. The van der Waals surface area contributed by atoms with E-state index in [-0.39, 0.29) is 23.2 Å². The van der Waals surface area contributed by atoms with E-state index in [1.807, 2.05) is 7.05 Å². The number of carbonyl (C=O) groups is 1. The van der Waals surface area contributed by atoms with Crippen LogP contribution in [0.4, 0.5) is 14.5 Å². The van der Waals surface area contributed by atoms with Gasteiger partial charge >= 0.3 is 0 Å². The van der Waals surface area contributed by atoms with Gasteiger partial charge in [0.05, 0.1) is 5.56 Å². The maximum Gasteiger partial charge on any atom is 0.256 e. The molecule has 1 saturated heterocycles. The van der Waals surface area contributed by atoms with Crippen molar-refractivity contribution in [3.63, 3.8) is 0 Å². The van der Waals surface area contributed by atoms with E-state index in [4.69, 9.17) is 5.73 Å². The molecule has 1 aliphatic heterocycles. The summed E-state index contributed by atoms with van der Waals surface area (Å²) in [6, 6.07) is 1.79. The first-order chi connectivity index (χ1) is 9.40. The standard InChI is InChI=1S/C14H19F2N3O/c1-18-5-3-4-9(8-18)19(2)14(20)10-6-11(15)12(16)7-13(10)17/h6-7,9H,3-5,8,17H2,1-2H3. The Morgan fingerprint density at radius 1 is 1.40 bits per heavy atom. The number of carbonyl (C=O) groups excluding carboxylic acids is 1. The number of amides is 1. The highest BCUT2D eigenvalue weighted by Crippen LogP contribution is 2.21. The van der Waals surface area contributed by atoms with Gasteiger partial charge in [0.1, 0.15) is 0 Å². The third-order valence-electron chi connectivity index (χ3n) is 3.79. The molecule has 1 amide bonds. The van der Waals surface area contributed by atoms with Crippen molar-refractivity contribution in [2.75, 3.05) is 32.9 Å². The van der Waals surface area contributed by atoms with Crippen LogP contribution in [0.15, 0.2) is 12.1 Å².